The third-order valence-corrected chi connectivity index (χ3v) is 6.31. The average molecular weight is 366 g/mol. The number of benzene rings is 1. The van der Waals surface area contributed by atoms with E-state index in [-0.39, 0.29) is 12.0 Å². The molecule has 1 amide bonds. The van der Waals surface area contributed by atoms with Gasteiger partial charge in [0.15, 0.2) is 0 Å². The summed E-state index contributed by atoms with van der Waals surface area (Å²) in [6.07, 6.45) is 5.39. The molecule has 3 aliphatic heterocycles. The molecule has 1 fully saturated rings. The quantitative estimate of drug-likeness (QED) is 0.808. The Bertz CT molecular complexity index is 916. The number of pyridine rings is 1. The van der Waals surface area contributed by atoms with Crippen LogP contribution in [0.3, 0.4) is 0 Å². The maximum atomic E-state index is 13.0. The van der Waals surface area contributed by atoms with Gasteiger partial charge in [-0.25, -0.2) is 4.98 Å². The van der Waals surface area contributed by atoms with Gasteiger partial charge in [-0.2, -0.15) is 0 Å². The van der Waals surface area contributed by atoms with Gasteiger partial charge in [-0.05, 0) is 56.2 Å². The molecule has 3 aliphatic rings. The van der Waals surface area contributed by atoms with Crippen molar-refractivity contribution in [3.05, 3.63) is 28.8 Å². The largest absolute Gasteiger partial charge is 0.393 e. The second-order valence-corrected chi connectivity index (χ2v) is 8.07. The van der Waals surface area contributed by atoms with Crippen LogP contribution >= 0.6 is 0 Å². The van der Waals surface area contributed by atoms with Crippen molar-refractivity contribution in [1.82, 2.24) is 9.88 Å². The summed E-state index contributed by atoms with van der Waals surface area (Å²) in [6.45, 7) is 3.39. The van der Waals surface area contributed by atoms with Gasteiger partial charge >= 0.3 is 0 Å². The first kappa shape index (κ1) is 16.8. The molecule has 1 aromatic heterocycles. The van der Waals surface area contributed by atoms with Crippen LogP contribution in [0.5, 0.6) is 0 Å². The molecule has 1 saturated heterocycles. The number of anilines is 2. The van der Waals surface area contributed by atoms with Crippen molar-refractivity contribution in [2.24, 2.45) is 0 Å². The highest BCUT2D eigenvalue weighted by Crippen LogP contribution is 2.40. The summed E-state index contributed by atoms with van der Waals surface area (Å²) in [5, 5.41) is 10.7. The summed E-state index contributed by atoms with van der Waals surface area (Å²) in [7, 11) is 0. The Kier molecular flexibility index (Phi) is 3.97. The van der Waals surface area contributed by atoms with E-state index in [1.54, 1.807) is 4.90 Å². The lowest BCUT2D eigenvalue weighted by atomic mass is 9.89. The molecule has 142 valence electrons. The Morgan fingerprint density at radius 1 is 1.11 bits per heavy atom. The number of nitrogen functional groups attached to an aromatic ring is 1. The minimum absolute atomic E-state index is 0.0678. The summed E-state index contributed by atoms with van der Waals surface area (Å²) in [4.78, 5) is 22.0. The van der Waals surface area contributed by atoms with Gasteiger partial charge in [-0.15, -0.1) is 0 Å². The van der Waals surface area contributed by atoms with E-state index in [1.165, 1.54) is 23.2 Å². The molecule has 0 saturated carbocycles. The van der Waals surface area contributed by atoms with Crippen LogP contribution in [0.1, 0.15) is 47.2 Å². The van der Waals surface area contributed by atoms with Crippen LogP contribution in [-0.4, -0.2) is 53.2 Å². The number of aliphatic hydroxyl groups excluding tert-OH is 1. The number of aliphatic hydroxyl groups is 1. The number of nitrogens with two attached hydrogens (primary N) is 1. The molecule has 6 nitrogen and oxygen atoms in total. The minimum Gasteiger partial charge on any atom is -0.393 e. The molecular weight excluding hydrogens is 340 g/mol. The van der Waals surface area contributed by atoms with E-state index in [0.29, 0.717) is 37.3 Å². The zero-order valence-corrected chi connectivity index (χ0v) is 15.6. The van der Waals surface area contributed by atoms with Gasteiger partial charge < -0.3 is 20.6 Å². The van der Waals surface area contributed by atoms with Crippen LogP contribution in [-0.2, 0) is 12.8 Å². The number of amides is 1. The van der Waals surface area contributed by atoms with Gasteiger partial charge in [-0.1, -0.05) is 0 Å². The molecule has 0 unspecified atom stereocenters. The fraction of sp³-hybridized carbons (Fsp3) is 0.524. The van der Waals surface area contributed by atoms with Gasteiger partial charge in [-0.3, -0.25) is 4.79 Å². The summed E-state index contributed by atoms with van der Waals surface area (Å²) < 4.78 is 0. The topological polar surface area (TPSA) is 82.7 Å². The number of piperidine rings is 1. The fourth-order valence-corrected chi connectivity index (χ4v) is 4.93. The zero-order chi connectivity index (χ0) is 18.5. The Morgan fingerprint density at radius 2 is 1.85 bits per heavy atom. The van der Waals surface area contributed by atoms with Crippen LogP contribution in [0.15, 0.2) is 12.1 Å². The van der Waals surface area contributed by atoms with Crippen LogP contribution in [0.4, 0.5) is 11.5 Å². The molecule has 0 aliphatic carbocycles. The van der Waals surface area contributed by atoms with Crippen molar-refractivity contribution in [2.45, 2.75) is 44.6 Å². The highest BCUT2D eigenvalue weighted by atomic mass is 16.3. The van der Waals surface area contributed by atoms with Crippen LogP contribution in [0.25, 0.3) is 10.9 Å². The number of nitrogens with zero attached hydrogens (tertiary/aromatic N) is 3. The number of fused-ring (bicyclic) bond motifs is 2. The van der Waals surface area contributed by atoms with Gasteiger partial charge in [0.05, 0.1) is 17.2 Å². The SMILES string of the molecule is Nc1nc2c3c4c(cc2cc1C(=O)N1CCC(O)CC1)CCCN4CCC3. The molecule has 0 atom stereocenters. The highest BCUT2D eigenvalue weighted by molar-refractivity contribution is 6.03. The fourth-order valence-electron chi connectivity index (χ4n) is 4.93. The van der Waals surface area contributed by atoms with Crippen molar-refractivity contribution in [1.29, 1.82) is 0 Å². The average Bonchev–Trinajstić information content (AvgIpc) is 2.69. The van der Waals surface area contributed by atoms with Crippen LogP contribution < -0.4 is 10.6 Å². The number of carbonyl (C=O) groups is 1. The molecule has 0 radical (unpaired) electrons. The molecule has 3 N–H and O–H groups in total. The number of likely N-dealkylation sites (tertiary alicyclic amines) is 1. The lowest BCUT2D eigenvalue weighted by Gasteiger charge is -2.37. The molecule has 4 heterocycles. The van der Waals surface area contributed by atoms with E-state index < -0.39 is 0 Å². The van der Waals surface area contributed by atoms with Crippen LogP contribution in [0, 0.1) is 0 Å². The molecule has 2 aromatic rings. The number of hydrogen-bond donors (Lipinski definition) is 2. The zero-order valence-electron chi connectivity index (χ0n) is 15.6. The number of aromatic nitrogens is 1. The molecule has 6 heteroatoms. The van der Waals surface area contributed by atoms with Crippen molar-refractivity contribution in [2.75, 3.05) is 36.8 Å². The highest BCUT2D eigenvalue weighted by Gasteiger charge is 2.28. The van der Waals surface area contributed by atoms with E-state index in [1.807, 2.05) is 6.07 Å². The van der Waals surface area contributed by atoms with E-state index in [0.717, 1.165) is 43.3 Å². The Morgan fingerprint density at radius 3 is 2.63 bits per heavy atom. The van der Waals surface area contributed by atoms with Crippen molar-refractivity contribution in [3.63, 3.8) is 0 Å². The first-order valence-electron chi connectivity index (χ1n) is 10.1. The Labute approximate surface area is 159 Å². The maximum Gasteiger partial charge on any atom is 0.257 e. The standard InChI is InChI=1S/C21H26N4O2/c22-20-17(21(27)25-9-5-15(26)6-10-25)12-14-11-13-3-1-7-24-8-2-4-16(19(13)24)18(14)23-20/h11-12,15,26H,1-10H2,(H2,22,23). The number of rotatable bonds is 1. The number of hydrogen-bond acceptors (Lipinski definition) is 5. The second-order valence-electron chi connectivity index (χ2n) is 8.07. The normalized spacial score (nSPS) is 20.0. The summed E-state index contributed by atoms with van der Waals surface area (Å²) in [5.41, 5.74) is 11.8. The molecule has 0 spiro atoms. The van der Waals surface area contributed by atoms with Crippen molar-refractivity contribution < 1.29 is 9.90 Å². The molecule has 1 aromatic carbocycles. The van der Waals surface area contributed by atoms with Crippen molar-refractivity contribution in [3.8, 4) is 0 Å². The predicted octanol–water partition coefficient (Wildman–Crippen LogP) is 2.11. The van der Waals surface area contributed by atoms with Gasteiger partial charge in [0, 0.05) is 42.8 Å². The summed E-state index contributed by atoms with van der Waals surface area (Å²) in [6, 6.07) is 4.16. The maximum absolute atomic E-state index is 13.0. The first-order chi connectivity index (χ1) is 13.1. The monoisotopic (exact) mass is 366 g/mol. The van der Waals surface area contributed by atoms with Crippen LogP contribution in [0.2, 0.25) is 0 Å². The Hall–Kier alpha value is -2.34. The lowest BCUT2D eigenvalue weighted by molar-refractivity contribution is 0.0547. The number of aryl methyl sites for hydroxylation is 2. The smallest absolute Gasteiger partial charge is 0.257 e. The molecule has 0 bridgehead atoms. The third kappa shape index (κ3) is 2.74. The number of carbonyl (C=O) groups excluding carboxylic acids is 1. The van der Waals surface area contributed by atoms with E-state index >= 15 is 0 Å². The second kappa shape index (κ2) is 6.37. The Balaban J connectivity index is 1.59. The van der Waals surface area contributed by atoms with Gasteiger partial charge in [0.2, 0.25) is 0 Å². The molecule has 5 rings (SSSR count). The predicted molar refractivity (Wildman–Crippen MR) is 106 cm³/mol. The van der Waals surface area contributed by atoms with E-state index in [4.69, 9.17) is 10.7 Å². The van der Waals surface area contributed by atoms with Gasteiger partial charge in [0.25, 0.3) is 5.91 Å². The summed E-state index contributed by atoms with van der Waals surface area (Å²) in [5.74, 6) is 0.254. The van der Waals surface area contributed by atoms with E-state index in [9.17, 15) is 9.90 Å². The summed E-state index contributed by atoms with van der Waals surface area (Å²) >= 11 is 0. The van der Waals surface area contributed by atoms with Crippen molar-refractivity contribution >= 4 is 28.3 Å². The van der Waals surface area contributed by atoms with E-state index in [2.05, 4.69) is 11.0 Å². The lowest BCUT2D eigenvalue weighted by Crippen LogP contribution is -2.40. The molecular formula is C21H26N4O2. The molecule has 27 heavy (non-hydrogen) atoms. The first-order valence-corrected chi connectivity index (χ1v) is 10.1. The minimum atomic E-state index is -0.302. The van der Waals surface area contributed by atoms with Gasteiger partial charge in [0.1, 0.15) is 5.82 Å². The third-order valence-electron chi connectivity index (χ3n) is 6.31.